The number of benzene rings is 1. The van der Waals surface area contributed by atoms with Crippen LogP contribution in [-0.4, -0.2) is 60.4 Å². The minimum absolute atomic E-state index is 0.0854. The summed E-state index contributed by atoms with van der Waals surface area (Å²) in [5.74, 6) is -0.379. The summed E-state index contributed by atoms with van der Waals surface area (Å²) in [6.45, 7) is 0.978. The molecule has 3 aromatic rings. The van der Waals surface area contributed by atoms with E-state index in [2.05, 4.69) is 41.3 Å². The Morgan fingerprint density at radius 3 is 2.70 bits per heavy atom. The molecule has 1 fully saturated rings. The summed E-state index contributed by atoms with van der Waals surface area (Å²) in [5, 5.41) is 20.3. The molecular formula is C18H17BrFN7O3. The number of hydrogen-bond acceptors (Lipinski definition) is 8. The fourth-order valence-corrected chi connectivity index (χ4v) is 3.41. The Balaban J connectivity index is 1.35. The first-order chi connectivity index (χ1) is 14.5. The van der Waals surface area contributed by atoms with Crippen LogP contribution >= 0.6 is 15.9 Å². The van der Waals surface area contributed by atoms with Crippen molar-refractivity contribution in [3.05, 3.63) is 40.9 Å². The molecule has 0 radical (unpaired) electrons. The van der Waals surface area contributed by atoms with Crippen LogP contribution in [0.2, 0.25) is 0 Å². The van der Waals surface area contributed by atoms with Crippen molar-refractivity contribution in [2.75, 3.05) is 18.0 Å². The maximum Gasteiger partial charge on any atom is 0.327 e. The summed E-state index contributed by atoms with van der Waals surface area (Å²) in [6, 6.07) is 4.64. The zero-order valence-corrected chi connectivity index (χ0v) is 17.2. The van der Waals surface area contributed by atoms with Gasteiger partial charge in [-0.2, -0.15) is 4.80 Å². The van der Waals surface area contributed by atoms with E-state index in [4.69, 9.17) is 9.84 Å². The first kappa shape index (κ1) is 20.1. The number of carboxylic acids is 1. The van der Waals surface area contributed by atoms with Crippen LogP contribution < -0.4 is 9.64 Å². The highest BCUT2D eigenvalue weighted by Crippen LogP contribution is 2.26. The Morgan fingerprint density at radius 1 is 1.27 bits per heavy atom. The third-order valence-corrected chi connectivity index (χ3v) is 5.03. The third kappa shape index (κ3) is 4.70. The molecule has 30 heavy (non-hydrogen) atoms. The molecule has 156 valence electrons. The van der Waals surface area contributed by atoms with Crippen molar-refractivity contribution in [1.29, 1.82) is 0 Å². The highest BCUT2D eigenvalue weighted by atomic mass is 79.9. The molecule has 0 aliphatic carbocycles. The van der Waals surface area contributed by atoms with Gasteiger partial charge in [0.15, 0.2) is 18.1 Å². The number of halogens is 2. The van der Waals surface area contributed by atoms with Crippen LogP contribution in [0.3, 0.4) is 0 Å². The molecule has 1 saturated heterocycles. The van der Waals surface area contributed by atoms with Gasteiger partial charge in [-0.3, -0.25) is 4.79 Å². The topological polar surface area (TPSA) is 119 Å². The maximum absolute atomic E-state index is 13.9. The summed E-state index contributed by atoms with van der Waals surface area (Å²) in [6.07, 6.45) is 4.48. The molecular weight excluding hydrogens is 461 g/mol. The molecule has 4 rings (SSSR count). The van der Waals surface area contributed by atoms with Gasteiger partial charge in [0.05, 0.1) is 5.56 Å². The minimum Gasteiger partial charge on any atom is -0.487 e. The van der Waals surface area contributed by atoms with Gasteiger partial charge in [0.25, 0.3) is 0 Å². The summed E-state index contributed by atoms with van der Waals surface area (Å²) < 4.78 is 20.5. The minimum atomic E-state index is -1.06. The number of nitrogens with zero attached hydrogens (tertiary/aromatic N) is 7. The van der Waals surface area contributed by atoms with Crippen molar-refractivity contribution in [3.63, 3.8) is 0 Å². The normalized spacial score (nSPS) is 14.7. The van der Waals surface area contributed by atoms with Gasteiger partial charge >= 0.3 is 5.97 Å². The van der Waals surface area contributed by atoms with E-state index in [1.807, 2.05) is 4.90 Å². The van der Waals surface area contributed by atoms with E-state index >= 15 is 0 Å². The monoisotopic (exact) mass is 477 g/mol. The van der Waals surface area contributed by atoms with E-state index in [1.54, 1.807) is 24.5 Å². The van der Waals surface area contributed by atoms with E-state index < -0.39 is 5.97 Å². The molecule has 0 amide bonds. The predicted octanol–water partition coefficient (Wildman–Crippen LogP) is 2.16. The zero-order valence-electron chi connectivity index (χ0n) is 15.6. The number of ether oxygens (including phenoxy) is 1. The van der Waals surface area contributed by atoms with Crippen LogP contribution in [0.25, 0.3) is 11.4 Å². The van der Waals surface area contributed by atoms with Crippen LogP contribution in [0, 0.1) is 5.82 Å². The number of aromatic nitrogens is 6. The Labute approximate surface area is 178 Å². The number of hydrogen-bond donors (Lipinski definition) is 1. The predicted molar refractivity (Wildman–Crippen MR) is 106 cm³/mol. The van der Waals surface area contributed by atoms with Crippen molar-refractivity contribution in [1.82, 2.24) is 30.2 Å². The highest BCUT2D eigenvalue weighted by molar-refractivity contribution is 9.10. The lowest BCUT2D eigenvalue weighted by Gasteiger charge is -2.32. The van der Waals surface area contributed by atoms with Gasteiger partial charge in [-0.05, 0) is 23.4 Å². The summed E-state index contributed by atoms with van der Waals surface area (Å²) >= 11 is 3.32. The molecule has 1 aliphatic rings. The number of rotatable bonds is 6. The second-order valence-corrected chi connectivity index (χ2v) is 7.60. The molecule has 0 unspecified atom stereocenters. The first-order valence-corrected chi connectivity index (χ1v) is 9.96. The Morgan fingerprint density at radius 2 is 2.00 bits per heavy atom. The number of aliphatic carboxylic acids is 1. The third-order valence-electron chi connectivity index (χ3n) is 4.54. The standard InChI is InChI=1S/C18H17BrFN7O3/c19-12-1-2-14(20)15(7-12)30-13-3-5-26(6-4-13)18-21-8-11(9-22-18)17-23-25-27(24-17)10-16(28)29/h1-2,7-9,13H,3-6,10H2,(H,28,29). The van der Waals surface area contributed by atoms with E-state index in [-0.39, 0.29) is 30.0 Å². The molecule has 0 spiro atoms. The fourth-order valence-electron chi connectivity index (χ4n) is 3.07. The van der Waals surface area contributed by atoms with Crippen molar-refractivity contribution in [3.8, 4) is 17.1 Å². The fraction of sp³-hybridized carbons (Fsp3) is 0.333. The summed E-state index contributed by atoms with van der Waals surface area (Å²) in [7, 11) is 0. The molecule has 12 heteroatoms. The molecule has 2 aromatic heterocycles. The first-order valence-electron chi connectivity index (χ1n) is 9.16. The van der Waals surface area contributed by atoms with Gasteiger partial charge in [-0.25, -0.2) is 14.4 Å². The summed E-state index contributed by atoms with van der Waals surface area (Å²) in [5.41, 5.74) is 0.540. The zero-order chi connectivity index (χ0) is 21.1. The Kier molecular flexibility index (Phi) is 5.84. The lowest BCUT2D eigenvalue weighted by molar-refractivity contribution is -0.138. The van der Waals surface area contributed by atoms with Crippen molar-refractivity contribution in [2.24, 2.45) is 0 Å². The molecule has 1 aliphatic heterocycles. The molecule has 1 N–H and O–H groups in total. The smallest absolute Gasteiger partial charge is 0.327 e. The molecule has 1 aromatic carbocycles. The number of anilines is 1. The lowest BCUT2D eigenvalue weighted by Crippen LogP contribution is -2.39. The van der Waals surface area contributed by atoms with Crippen LogP contribution in [0.15, 0.2) is 35.1 Å². The molecule has 3 heterocycles. The van der Waals surface area contributed by atoms with Gasteiger partial charge in [-0.1, -0.05) is 15.9 Å². The molecule has 10 nitrogen and oxygen atoms in total. The SMILES string of the molecule is O=C(O)Cn1nnc(-c2cnc(N3CCC(Oc4cc(Br)ccc4F)CC3)nc2)n1. The van der Waals surface area contributed by atoms with Gasteiger partial charge < -0.3 is 14.7 Å². The average Bonchev–Trinajstić information content (AvgIpc) is 3.19. The number of tetrazole rings is 1. The van der Waals surface area contributed by atoms with Crippen LogP contribution in [0.1, 0.15) is 12.8 Å². The number of piperidine rings is 1. The van der Waals surface area contributed by atoms with Crippen molar-refractivity contribution in [2.45, 2.75) is 25.5 Å². The van der Waals surface area contributed by atoms with E-state index in [1.165, 1.54) is 6.07 Å². The second kappa shape index (κ2) is 8.69. The van der Waals surface area contributed by atoms with Crippen molar-refractivity contribution < 1.29 is 19.0 Å². The highest BCUT2D eigenvalue weighted by Gasteiger charge is 2.23. The lowest BCUT2D eigenvalue weighted by atomic mass is 10.1. The van der Waals surface area contributed by atoms with E-state index in [0.717, 1.165) is 9.27 Å². The van der Waals surface area contributed by atoms with Crippen LogP contribution in [0.5, 0.6) is 5.75 Å². The molecule has 0 bridgehead atoms. The quantitative estimate of drug-likeness (QED) is 0.569. The molecule has 0 saturated carbocycles. The van der Waals surface area contributed by atoms with E-state index in [0.29, 0.717) is 37.4 Å². The van der Waals surface area contributed by atoms with Gasteiger partial charge in [0.2, 0.25) is 11.8 Å². The van der Waals surface area contributed by atoms with Crippen LogP contribution in [-0.2, 0) is 11.3 Å². The van der Waals surface area contributed by atoms with Crippen LogP contribution in [0.4, 0.5) is 10.3 Å². The average molecular weight is 478 g/mol. The largest absolute Gasteiger partial charge is 0.487 e. The summed E-state index contributed by atoms with van der Waals surface area (Å²) in [4.78, 5) is 22.4. The second-order valence-electron chi connectivity index (χ2n) is 6.69. The molecule has 0 atom stereocenters. The Hall–Kier alpha value is -3.15. The van der Waals surface area contributed by atoms with E-state index in [9.17, 15) is 9.18 Å². The maximum atomic E-state index is 13.9. The van der Waals surface area contributed by atoms with Crippen molar-refractivity contribution >= 4 is 27.8 Å². The van der Waals surface area contributed by atoms with Gasteiger partial charge in [0.1, 0.15) is 6.10 Å². The number of carbonyl (C=O) groups is 1. The van der Waals surface area contributed by atoms with Gasteiger partial charge in [0, 0.05) is 42.8 Å². The Bertz CT molecular complexity index is 1040. The number of carboxylic acid groups (broad SMARTS) is 1. The van der Waals surface area contributed by atoms with Gasteiger partial charge in [-0.15, -0.1) is 10.2 Å².